The van der Waals surface area contributed by atoms with E-state index in [2.05, 4.69) is 16.9 Å². The van der Waals surface area contributed by atoms with Gasteiger partial charge in [0.1, 0.15) is 16.9 Å². The summed E-state index contributed by atoms with van der Waals surface area (Å²) < 4.78 is 1.82. The average Bonchev–Trinajstić information content (AvgIpc) is 2.85. The number of carboxylic acid groups (broad SMARTS) is 1. The van der Waals surface area contributed by atoms with Crippen LogP contribution in [0.5, 0.6) is 0 Å². The predicted octanol–water partition coefficient (Wildman–Crippen LogP) is 4.03. The van der Waals surface area contributed by atoms with Crippen molar-refractivity contribution < 1.29 is 9.90 Å². The maximum absolute atomic E-state index is 12.0. The van der Waals surface area contributed by atoms with Crippen LogP contribution in [0.15, 0.2) is 12.3 Å². The lowest BCUT2D eigenvalue weighted by Crippen LogP contribution is -2.42. The van der Waals surface area contributed by atoms with Gasteiger partial charge in [0.05, 0.1) is 5.02 Å². The molecule has 0 spiro atoms. The van der Waals surface area contributed by atoms with Gasteiger partial charge in [-0.25, -0.2) is 14.8 Å². The van der Waals surface area contributed by atoms with Crippen LogP contribution in [-0.2, 0) is 16.8 Å². The van der Waals surface area contributed by atoms with Crippen LogP contribution in [0, 0.1) is 0 Å². The number of aromatic nitrogens is 3. The van der Waals surface area contributed by atoms with Crippen LogP contribution in [-0.4, -0.2) is 25.6 Å². The number of nitrogens with zero attached hydrogens (tertiary/aromatic N) is 3. The minimum Gasteiger partial charge on any atom is -0.479 e. The standard InChI is InChI=1S/C16H22ClN3O2/c1-4-7-8-13-19-12-9-11(17)10-18-14(12)20(13)16(5-2,6-3)15(21)22/h9-10H,4-8H2,1-3H3,(H,21,22). The molecule has 2 heterocycles. The average molecular weight is 324 g/mol. The second kappa shape index (κ2) is 6.65. The van der Waals surface area contributed by atoms with Crippen molar-refractivity contribution in [3.05, 3.63) is 23.1 Å². The molecule has 0 fully saturated rings. The third kappa shape index (κ3) is 2.70. The highest BCUT2D eigenvalue weighted by atomic mass is 35.5. The van der Waals surface area contributed by atoms with Crippen molar-refractivity contribution in [2.75, 3.05) is 0 Å². The fraction of sp³-hybridized carbons (Fsp3) is 0.562. The van der Waals surface area contributed by atoms with Gasteiger partial charge < -0.3 is 5.11 Å². The molecule has 0 radical (unpaired) electrons. The molecule has 0 saturated carbocycles. The molecule has 0 unspecified atom stereocenters. The van der Waals surface area contributed by atoms with E-state index in [0.29, 0.717) is 29.0 Å². The molecule has 0 amide bonds. The largest absolute Gasteiger partial charge is 0.479 e. The molecule has 0 saturated heterocycles. The zero-order chi connectivity index (χ0) is 16.3. The van der Waals surface area contributed by atoms with Crippen LogP contribution >= 0.6 is 11.6 Å². The van der Waals surface area contributed by atoms with Crippen LogP contribution in [0.3, 0.4) is 0 Å². The Kier molecular flexibility index (Phi) is 5.06. The molecular formula is C16H22ClN3O2. The Morgan fingerprint density at radius 1 is 1.36 bits per heavy atom. The van der Waals surface area contributed by atoms with Crippen molar-refractivity contribution in [2.45, 2.75) is 58.4 Å². The van der Waals surface area contributed by atoms with Crippen LogP contribution in [0.2, 0.25) is 5.02 Å². The van der Waals surface area contributed by atoms with E-state index in [1.165, 1.54) is 0 Å². The Labute approximate surface area is 135 Å². The van der Waals surface area contributed by atoms with E-state index in [-0.39, 0.29) is 0 Å². The second-order valence-electron chi connectivity index (χ2n) is 5.51. The lowest BCUT2D eigenvalue weighted by Gasteiger charge is -2.30. The summed E-state index contributed by atoms with van der Waals surface area (Å²) in [6.07, 6.45) is 5.22. The fourth-order valence-corrected chi connectivity index (χ4v) is 3.06. The molecule has 2 aromatic rings. The topological polar surface area (TPSA) is 68.0 Å². The van der Waals surface area contributed by atoms with Gasteiger partial charge in [-0.2, -0.15) is 0 Å². The van der Waals surface area contributed by atoms with Gasteiger partial charge in [-0.3, -0.25) is 4.57 Å². The zero-order valence-corrected chi connectivity index (χ0v) is 14.0. The summed E-state index contributed by atoms with van der Waals surface area (Å²) in [6.45, 7) is 5.89. The van der Waals surface area contributed by atoms with Gasteiger partial charge in [0, 0.05) is 12.6 Å². The molecule has 6 heteroatoms. The number of pyridine rings is 1. The first kappa shape index (κ1) is 16.7. The zero-order valence-electron chi connectivity index (χ0n) is 13.3. The molecule has 0 bridgehead atoms. The Balaban J connectivity index is 2.74. The quantitative estimate of drug-likeness (QED) is 0.835. The summed E-state index contributed by atoms with van der Waals surface area (Å²) in [5.41, 5.74) is 0.242. The van der Waals surface area contributed by atoms with Crippen LogP contribution in [0.4, 0.5) is 0 Å². The maximum Gasteiger partial charge on any atom is 0.329 e. The maximum atomic E-state index is 12.0. The van der Waals surface area contributed by atoms with Crippen LogP contribution < -0.4 is 0 Å². The van der Waals surface area contributed by atoms with Gasteiger partial charge in [-0.15, -0.1) is 0 Å². The van der Waals surface area contributed by atoms with Crippen LogP contribution in [0.25, 0.3) is 11.2 Å². The molecule has 22 heavy (non-hydrogen) atoms. The van der Waals surface area contributed by atoms with E-state index < -0.39 is 11.5 Å². The smallest absolute Gasteiger partial charge is 0.329 e. The summed E-state index contributed by atoms with van der Waals surface area (Å²) in [4.78, 5) is 21.0. The van der Waals surface area contributed by atoms with Crippen molar-refractivity contribution >= 4 is 28.7 Å². The van der Waals surface area contributed by atoms with E-state index in [0.717, 1.165) is 25.1 Å². The van der Waals surface area contributed by atoms with Crippen molar-refractivity contribution in [3.63, 3.8) is 0 Å². The van der Waals surface area contributed by atoms with Crippen molar-refractivity contribution in [1.29, 1.82) is 0 Å². The first-order valence-corrected chi connectivity index (χ1v) is 8.14. The normalized spacial score (nSPS) is 12.0. The van der Waals surface area contributed by atoms with E-state index in [1.807, 2.05) is 18.4 Å². The molecule has 0 aliphatic heterocycles. The number of fused-ring (bicyclic) bond motifs is 1. The minimum absolute atomic E-state index is 0.480. The lowest BCUT2D eigenvalue weighted by molar-refractivity contribution is -0.148. The first-order chi connectivity index (χ1) is 10.5. The number of hydrogen-bond donors (Lipinski definition) is 1. The number of rotatable bonds is 7. The van der Waals surface area contributed by atoms with Crippen molar-refractivity contribution in [1.82, 2.24) is 14.5 Å². The number of unbranched alkanes of at least 4 members (excludes halogenated alkanes) is 1. The molecule has 2 rings (SSSR count). The van der Waals surface area contributed by atoms with Gasteiger partial charge in [-0.1, -0.05) is 38.8 Å². The number of aryl methyl sites for hydroxylation is 1. The van der Waals surface area contributed by atoms with Gasteiger partial charge in [0.2, 0.25) is 0 Å². The Bertz CT molecular complexity index is 677. The summed E-state index contributed by atoms with van der Waals surface area (Å²) in [5.74, 6) is -0.0657. The second-order valence-corrected chi connectivity index (χ2v) is 5.94. The van der Waals surface area contributed by atoms with Gasteiger partial charge in [0.25, 0.3) is 0 Å². The van der Waals surface area contributed by atoms with E-state index in [1.54, 1.807) is 12.3 Å². The highest BCUT2D eigenvalue weighted by molar-refractivity contribution is 6.31. The summed E-state index contributed by atoms with van der Waals surface area (Å²) in [7, 11) is 0. The van der Waals surface area contributed by atoms with Crippen molar-refractivity contribution in [2.24, 2.45) is 0 Å². The first-order valence-electron chi connectivity index (χ1n) is 7.76. The molecule has 0 aliphatic carbocycles. The Morgan fingerprint density at radius 2 is 2.05 bits per heavy atom. The third-order valence-corrected chi connectivity index (χ3v) is 4.49. The molecular weight excluding hydrogens is 302 g/mol. The number of aliphatic carboxylic acids is 1. The molecule has 5 nitrogen and oxygen atoms in total. The summed E-state index contributed by atoms with van der Waals surface area (Å²) in [5, 5.41) is 10.4. The highest BCUT2D eigenvalue weighted by Crippen LogP contribution is 2.32. The number of carboxylic acids is 1. The Morgan fingerprint density at radius 3 is 2.59 bits per heavy atom. The number of halogens is 1. The fourth-order valence-electron chi connectivity index (χ4n) is 2.90. The molecule has 0 atom stereocenters. The van der Waals surface area contributed by atoms with Gasteiger partial charge in [-0.05, 0) is 25.3 Å². The SMILES string of the molecule is CCCCc1nc2cc(Cl)cnc2n1C(CC)(CC)C(=O)O. The molecule has 0 aliphatic rings. The molecule has 0 aromatic carbocycles. The molecule has 1 N–H and O–H groups in total. The number of carbonyl (C=O) groups is 1. The van der Waals surface area contributed by atoms with Gasteiger partial charge in [0.15, 0.2) is 5.65 Å². The van der Waals surface area contributed by atoms with Crippen LogP contribution in [0.1, 0.15) is 52.3 Å². The van der Waals surface area contributed by atoms with E-state index in [4.69, 9.17) is 11.6 Å². The molecule has 2 aromatic heterocycles. The Hall–Kier alpha value is -1.62. The summed E-state index contributed by atoms with van der Waals surface area (Å²) in [6, 6.07) is 1.74. The van der Waals surface area contributed by atoms with E-state index >= 15 is 0 Å². The monoisotopic (exact) mass is 323 g/mol. The third-order valence-electron chi connectivity index (χ3n) is 4.28. The minimum atomic E-state index is -1.02. The number of imidazole rings is 1. The van der Waals surface area contributed by atoms with E-state index in [9.17, 15) is 9.90 Å². The van der Waals surface area contributed by atoms with Crippen molar-refractivity contribution in [3.8, 4) is 0 Å². The highest BCUT2D eigenvalue weighted by Gasteiger charge is 2.40. The lowest BCUT2D eigenvalue weighted by atomic mass is 9.92. The molecule has 120 valence electrons. The number of hydrogen-bond acceptors (Lipinski definition) is 3. The predicted molar refractivity (Wildman–Crippen MR) is 87.3 cm³/mol. The van der Waals surface area contributed by atoms with Gasteiger partial charge >= 0.3 is 5.97 Å². The summed E-state index contributed by atoms with van der Waals surface area (Å²) >= 11 is 6.00.